The number of ether oxygens (including phenoxy) is 2. The molecule has 4 unspecified atom stereocenters. The van der Waals surface area contributed by atoms with Gasteiger partial charge in [-0.15, -0.1) is 0 Å². The van der Waals surface area contributed by atoms with Gasteiger partial charge in [-0.25, -0.2) is 0 Å². The van der Waals surface area contributed by atoms with Gasteiger partial charge in [0, 0.05) is 37.1 Å². The molecule has 0 bridgehead atoms. The maximum atomic E-state index is 13.0. The molecule has 4 aliphatic rings. The highest BCUT2D eigenvalue weighted by Gasteiger charge is 2.51. The van der Waals surface area contributed by atoms with Crippen LogP contribution in [0.2, 0.25) is 0 Å². The smallest absolute Gasteiger partial charge is 0.306 e. The average molecular weight is 822 g/mol. The molecule has 2 aliphatic heterocycles. The van der Waals surface area contributed by atoms with Crippen molar-refractivity contribution in [1.82, 2.24) is 15.1 Å². The highest BCUT2D eigenvalue weighted by Crippen LogP contribution is 2.42. The summed E-state index contributed by atoms with van der Waals surface area (Å²) in [6.45, 7) is 13.1. The molecule has 6 rings (SSSR count). The maximum Gasteiger partial charge on any atom is 0.306 e. The number of hydrogen-bond donors (Lipinski definition) is 2. The summed E-state index contributed by atoms with van der Waals surface area (Å²) in [5.41, 5.74) is 0.0231. The third-order valence-corrected chi connectivity index (χ3v) is 12.4. The predicted octanol–water partition coefficient (Wildman–Crippen LogP) is 6.40. The summed E-state index contributed by atoms with van der Waals surface area (Å²) >= 11 is 0. The molecule has 14 heteroatoms. The van der Waals surface area contributed by atoms with E-state index >= 15 is 0 Å². The van der Waals surface area contributed by atoms with E-state index in [1.54, 1.807) is 23.6 Å². The van der Waals surface area contributed by atoms with E-state index in [0.717, 1.165) is 11.1 Å². The Morgan fingerprint density at radius 1 is 0.700 bits per heavy atom. The number of carbonyl (C=O) groups is 6. The molecule has 2 aliphatic carbocycles. The van der Waals surface area contributed by atoms with Gasteiger partial charge in [0.05, 0.1) is 30.2 Å². The first-order valence-corrected chi connectivity index (χ1v) is 21.3. The van der Waals surface area contributed by atoms with E-state index in [1.807, 2.05) is 95.3 Å². The standard InChI is InChI=1S/C25H35BN2O4.C21H26BNO5/c1-24(2,3)27-22(30)19-12-11-18(29)14-17(19)15-21-20(13-16-9-7-6-8-10-16)28(23(26)31)25(4,5)32-21;1-21(2)23(20(22)27)17(10-13-6-4-3-5-7-13)18(28-21)12-14-11-15(24)8-9-16(14)19(25)26/h6-10,17,19-21H,11-15H2,1-5H3,(H,27,30);3-7,14,16-18H,8-12H2,1-2H3,(H,25,26)/t17?,19?,20-,21+;14?,16?,17-,18+/m00/s1. The van der Waals surface area contributed by atoms with Crippen molar-refractivity contribution in [3.05, 3.63) is 71.8 Å². The summed E-state index contributed by atoms with van der Waals surface area (Å²) in [5, 5.41) is 12.7. The van der Waals surface area contributed by atoms with Crippen molar-refractivity contribution in [2.75, 3.05) is 0 Å². The van der Waals surface area contributed by atoms with Crippen LogP contribution in [-0.2, 0) is 41.5 Å². The topological polar surface area (TPSA) is 160 Å². The first-order chi connectivity index (χ1) is 28.1. The second-order valence-electron chi connectivity index (χ2n) is 19.0. The zero-order valence-corrected chi connectivity index (χ0v) is 36.2. The Hall–Kier alpha value is -4.29. The molecule has 4 fully saturated rings. The van der Waals surface area contributed by atoms with E-state index in [1.165, 1.54) is 0 Å². The van der Waals surface area contributed by atoms with E-state index in [2.05, 4.69) is 5.32 Å². The van der Waals surface area contributed by atoms with Gasteiger partial charge in [-0.2, -0.15) is 0 Å². The molecule has 2 heterocycles. The monoisotopic (exact) mass is 821 g/mol. The number of aliphatic carboxylic acids is 1. The first kappa shape index (κ1) is 46.8. The number of carbonyl (C=O) groups excluding carboxylic acids is 5. The van der Waals surface area contributed by atoms with Crippen molar-refractivity contribution in [3.63, 3.8) is 0 Å². The van der Waals surface area contributed by atoms with Crippen LogP contribution in [0, 0.1) is 23.7 Å². The summed E-state index contributed by atoms with van der Waals surface area (Å²) in [6, 6.07) is 19.1. The van der Waals surface area contributed by atoms with Crippen LogP contribution >= 0.6 is 0 Å². The SMILES string of the molecule is [B]C(=O)N1[C@@H](Cc2ccccc2)[C@@H](CC2CC(=O)CCC2C(=O)NC(C)(C)C)OC1(C)C.[B]C(=O)N1[C@@H](Cc2ccccc2)[C@@H](CC2CC(=O)CCC2C(=O)O)OC1(C)C. The minimum atomic E-state index is -0.895. The molecule has 3 amide bonds. The predicted molar refractivity (Wildman–Crippen MR) is 228 cm³/mol. The minimum Gasteiger partial charge on any atom is -0.481 e. The molecule has 0 aromatic heterocycles. The van der Waals surface area contributed by atoms with Gasteiger partial charge in [0.25, 0.3) is 0 Å². The maximum absolute atomic E-state index is 13.0. The van der Waals surface area contributed by atoms with Gasteiger partial charge in [0.2, 0.25) is 21.6 Å². The van der Waals surface area contributed by atoms with Gasteiger partial charge in [-0.1, -0.05) is 60.7 Å². The Morgan fingerprint density at radius 2 is 1.08 bits per heavy atom. The molecule has 2 saturated carbocycles. The summed E-state index contributed by atoms with van der Waals surface area (Å²) in [5.74, 6) is -2.97. The van der Waals surface area contributed by atoms with Crippen LogP contribution in [0.1, 0.15) is 111 Å². The molecule has 4 radical (unpaired) electrons. The van der Waals surface area contributed by atoms with Crippen LogP contribution in [0.25, 0.3) is 0 Å². The second-order valence-corrected chi connectivity index (χ2v) is 19.0. The fourth-order valence-electron chi connectivity index (χ4n) is 9.97. The van der Waals surface area contributed by atoms with Crippen LogP contribution in [0.15, 0.2) is 60.7 Å². The van der Waals surface area contributed by atoms with Gasteiger partial charge in [-0.3, -0.25) is 28.8 Å². The quantitative estimate of drug-likeness (QED) is 0.259. The van der Waals surface area contributed by atoms with Crippen molar-refractivity contribution in [1.29, 1.82) is 0 Å². The number of nitrogens with one attached hydrogen (secondary N) is 1. The van der Waals surface area contributed by atoms with Crippen molar-refractivity contribution >= 4 is 50.7 Å². The zero-order valence-electron chi connectivity index (χ0n) is 36.2. The van der Waals surface area contributed by atoms with E-state index in [-0.39, 0.29) is 71.5 Å². The Bertz CT molecular complexity index is 1870. The normalized spacial score (nSPS) is 28.7. The third-order valence-electron chi connectivity index (χ3n) is 12.4. The van der Waals surface area contributed by atoms with Crippen LogP contribution in [0.5, 0.6) is 0 Å². The van der Waals surface area contributed by atoms with E-state index < -0.39 is 35.0 Å². The lowest BCUT2D eigenvalue weighted by Crippen LogP contribution is -2.49. The van der Waals surface area contributed by atoms with Crippen LogP contribution in [0.4, 0.5) is 9.59 Å². The van der Waals surface area contributed by atoms with Gasteiger partial charge in [0.15, 0.2) is 11.6 Å². The molecule has 0 spiro atoms. The van der Waals surface area contributed by atoms with Crippen molar-refractivity contribution in [2.24, 2.45) is 23.7 Å². The number of amides is 3. The summed E-state index contributed by atoms with van der Waals surface area (Å²) in [4.78, 5) is 76.7. The lowest BCUT2D eigenvalue weighted by molar-refractivity contribution is -0.147. The molecule has 320 valence electrons. The number of carboxylic acids is 1. The molecular weight excluding hydrogens is 760 g/mol. The van der Waals surface area contributed by atoms with E-state index in [4.69, 9.17) is 25.2 Å². The second kappa shape index (κ2) is 19.2. The van der Waals surface area contributed by atoms with Crippen LogP contribution in [0.3, 0.4) is 0 Å². The van der Waals surface area contributed by atoms with Crippen LogP contribution < -0.4 is 5.32 Å². The van der Waals surface area contributed by atoms with Gasteiger partial charge in [-0.05, 0) is 110 Å². The average Bonchev–Trinajstić information content (AvgIpc) is 3.54. The van der Waals surface area contributed by atoms with E-state index in [9.17, 15) is 33.9 Å². The Labute approximate surface area is 357 Å². The molecule has 60 heavy (non-hydrogen) atoms. The molecule has 12 nitrogen and oxygen atoms in total. The number of benzene rings is 2. The fraction of sp³-hybridized carbons (Fsp3) is 0.609. The summed E-state index contributed by atoms with van der Waals surface area (Å²) < 4.78 is 12.6. The molecule has 2 saturated heterocycles. The molecular formula is C46H61B2N3O9. The van der Waals surface area contributed by atoms with Crippen molar-refractivity contribution < 1.29 is 43.3 Å². The summed E-state index contributed by atoms with van der Waals surface area (Å²) in [7, 11) is 11.4. The fourth-order valence-corrected chi connectivity index (χ4v) is 9.97. The lowest BCUT2D eigenvalue weighted by Gasteiger charge is -2.35. The molecule has 2 aromatic rings. The first-order valence-electron chi connectivity index (χ1n) is 21.3. The van der Waals surface area contributed by atoms with Crippen LogP contribution in [-0.4, -0.2) is 107 Å². The molecule has 8 atom stereocenters. The number of rotatable bonds is 10. The number of Topliss-reactive ketones (excluding diaryl/α,β-unsaturated/α-hetero) is 2. The highest BCUT2D eigenvalue weighted by atomic mass is 16.5. The number of hydrogen-bond acceptors (Lipinski definition) is 8. The minimum absolute atomic E-state index is 0.0152. The molecule has 2 N–H and O–H groups in total. The largest absolute Gasteiger partial charge is 0.481 e. The summed E-state index contributed by atoms with van der Waals surface area (Å²) in [6.07, 6.45) is 3.62. The Balaban J connectivity index is 0.000000230. The van der Waals surface area contributed by atoms with Gasteiger partial charge < -0.3 is 29.7 Å². The number of ketones is 2. The Kier molecular flexibility index (Phi) is 15.0. The number of nitrogens with zero attached hydrogens (tertiary/aromatic N) is 2. The molecule has 2 aromatic carbocycles. The Morgan fingerprint density at radius 3 is 1.45 bits per heavy atom. The van der Waals surface area contributed by atoms with Gasteiger partial charge >= 0.3 is 5.97 Å². The van der Waals surface area contributed by atoms with Crippen molar-refractivity contribution in [2.45, 2.75) is 154 Å². The van der Waals surface area contributed by atoms with Crippen molar-refractivity contribution in [3.8, 4) is 0 Å². The highest BCUT2D eigenvalue weighted by molar-refractivity contribution is 6.57. The van der Waals surface area contributed by atoms with E-state index in [0.29, 0.717) is 57.8 Å². The number of carboxylic acid groups (broad SMARTS) is 1. The zero-order chi connectivity index (χ0) is 44.2. The van der Waals surface area contributed by atoms with Gasteiger partial charge in [0.1, 0.15) is 23.0 Å². The lowest BCUT2D eigenvalue weighted by atomic mass is 9.74. The third kappa shape index (κ3) is 11.7.